The molecule has 0 saturated heterocycles. The molecule has 23 heavy (non-hydrogen) atoms. The number of carbonyl (C=O) groups excluding carboxylic acids is 1. The summed E-state index contributed by atoms with van der Waals surface area (Å²) in [4.78, 5) is 11.9. The molecule has 7 nitrogen and oxygen atoms in total. The van der Waals surface area contributed by atoms with Crippen molar-refractivity contribution in [2.24, 2.45) is 0 Å². The number of nitrogens with zero attached hydrogens (tertiary/aromatic N) is 4. The molecule has 1 heterocycles. The summed E-state index contributed by atoms with van der Waals surface area (Å²) in [5.41, 5.74) is 1.08. The number of aromatic nitrogens is 4. The third kappa shape index (κ3) is 4.22. The van der Waals surface area contributed by atoms with E-state index in [0.717, 1.165) is 30.6 Å². The zero-order valence-corrected chi connectivity index (χ0v) is 13.8. The van der Waals surface area contributed by atoms with Gasteiger partial charge in [-0.15, -0.1) is 5.10 Å². The van der Waals surface area contributed by atoms with Crippen molar-refractivity contribution in [3.8, 4) is 5.75 Å². The molecule has 0 atom stereocenters. The second-order valence-corrected chi connectivity index (χ2v) is 6.28. The van der Waals surface area contributed by atoms with Gasteiger partial charge in [-0.2, -0.15) is 0 Å². The molecule has 0 spiro atoms. The minimum absolute atomic E-state index is 0.0183. The van der Waals surface area contributed by atoms with E-state index >= 15 is 0 Å². The second-order valence-electron chi connectivity index (χ2n) is 5.34. The molecule has 0 unspecified atom stereocenters. The predicted octanol–water partition coefficient (Wildman–Crippen LogP) is 1.47. The Labute approximate surface area is 138 Å². The lowest BCUT2D eigenvalue weighted by Gasteiger charge is -2.09. The fourth-order valence-electron chi connectivity index (χ4n) is 2.26. The van der Waals surface area contributed by atoms with Crippen LogP contribution < -0.4 is 10.1 Å². The van der Waals surface area contributed by atoms with E-state index in [1.54, 1.807) is 7.11 Å². The van der Waals surface area contributed by atoms with Gasteiger partial charge in [-0.3, -0.25) is 4.79 Å². The van der Waals surface area contributed by atoms with Crippen molar-refractivity contribution in [1.29, 1.82) is 0 Å². The highest BCUT2D eigenvalue weighted by atomic mass is 32.2. The number of hydrogen-bond acceptors (Lipinski definition) is 6. The van der Waals surface area contributed by atoms with Crippen molar-refractivity contribution < 1.29 is 9.53 Å². The van der Waals surface area contributed by atoms with Gasteiger partial charge in [0.05, 0.1) is 18.9 Å². The summed E-state index contributed by atoms with van der Waals surface area (Å²) in [6, 6.07) is 8.24. The number of hydrogen-bond donors (Lipinski definition) is 1. The van der Waals surface area contributed by atoms with Crippen molar-refractivity contribution in [2.75, 3.05) is 19.4 Å². The monoisotopic (exact) mass is 333 g/mol. The third-order valence-corrected chi connectivity index (χ3v) is 4.53. The van der Waals surface area contributed by atoms with Crippen LogP contribution in [0.2, 0.25) is 0 Å². The number of carbonyl (C=O) groups is 1. The summed E-state index contributed by atoms with van der Waals surface area (Å²) in [7, 11) is 1.65. The van der Waals surface area contributed by atoms with E-state index < -0.39 is 0 Å². The van der Waals surface area contributed by atoms with Crippen molar-refractivity contribution in [3.63, 3.8) is 0 Å². The van der Waals surface area contributed by atoms with Crippen molar-refractivity contribution >= 4 is 17.7 Å². The number of thioether (sulfide) groups is 1. The van der Waals surface area contributed by atoms with E-state index in [9.17, 15) is 4.79 Å². The van der Waals surface area contributed by atoms with Crippen LogP contribution in [0.1, 0.15) is 24.4 Å². The van der Waals surface area contributed by atoms with Crippen LogP contribution in [0.4, 0.5) is 0 Å². The van der Waals surface area contributed by atoms with E-state index in [2.05, 4.69) is 20.8 Å². The Hall–Kier alpha value is -2.09. The Kier molecular flexibility index (Phi) is 5.12. The summed E-state index contributed by atoms with van der Waals surface area (Å²) in [6.07, 6.45) is 2.97. The lowest BCUT2D eigenvalue weighted by Crippen LogP contribution is -2.27. The van der Waals surface area contributed by atoms with Crippen molar-refractivity contribution in [2.45, 2.75) is 30.5 Å². The van der Waals surface area contributed by atoms with Crippen molar-refractivity contribution in [1.82, 2.24) is 25.5 Å². The highest BCUT2D eigenvalue weighted by Crippen LogP contribution is 2.36. The van der Waals surface area contributed by atoms with E-state index in [1.165, 1.54) is 11.8 Å². The lowest BCUT2D eigenvalue weighted by molar-refractivity contribution is -0.118. The maximum atomic E-state index is 11.9. The molecule has 8 heteroatoms. The van der Waals surface area contributed by atoms with Crippen LogP contribution in [0, 0.1) is 0 Å². The van der Waals surface area contributed by atoms with E-state index in [1.807, 2.05) is 28.9 Å². The van der Waals surface area contributed by atoms with E-state index in [4.69, 9.17) is 4.74 Å². The summed E-state index contributed by atoms with van der Waals surface area (Å²) >= 11 is 1.37. The van der Waals surface area contributed by atoms with Crippen LogP contribution in [-0.2, 0) is 11.2 Å². The Balaban J connectivity index is 1.42. The van der Waals surface area contributed by atoms with Crippen LogP contribution in [0.15, 0.2) is 29.4 Å². The number of para-hydroxylation sites is 1. The first kappa shape index (κ1) is 15.8. The summed E-state index contributed by atoms with van der Waals surface area (Å²) < 4.78 is 7.11. The minimum Gasteiger partial charge on any atom is -0.496 e. The molecule has 2 aromatic rings. The average Bonchev–Trinajstić information content (AvgIpc) is 3.31. The molecular weight excluding hydrogens is 314 g/mol. The zero-order chi connectivity index (χ0) is 16.1. The Bertz CT molecular complexity index is 671. The first-order valence-corrected chi connectivity index (χ1v) is 8.55. The number of benzene rings is 1. The molecule has 1 aliphatic rings. The number of methoxy groups -OCH3 is 1. The van der Waals surface area contributed by atoms with Crippen LogP contribution in [0.3, 0.4) is 0 Å². The molecule has 1 aromatic heterocycles. The summed E-state index contributed by atoms with van der Waals surface area (Å²) in [5, 5.41) is 15.2. The largest absolute Gasteiger partial charge is 0.496 e. The molecule has 1 amide bonds. The van der Waals surface area contributed by atoms with Crippen molar-refractivity contribution in [3.05, 3.63) is 29.8 Å². The predicted molar refractivity (Wildman–Crippen MR) is 86.5 cm³/mol. The number of ether oxygens (including phenoxy) is 1. The van der Waals surface area contributed by atoms with Gasteiger partial charge in [0.15, 0.2) is 0 Å². The SMILES string of the molecule is COc1ccccc1CCNC(=O)CSc1nnnn1C1CC1. The van der Waals surface area contributed by atoms with Gasteiger partial charge in [-0.1, -0.05) is 30.0 Å². The normalized spacial score (nSPS) is 13.8. The van der Waals surface area contributed by atoms with Gasteiger partial charge in [-0.25, -0.2) is 4.68 Å². The number of tetrazole rings is 1. The first-order chi connectivity index (χ1) is 11.3. The first-order valence-electron chi connectivity index (χ1n) is 7.57. The maximum absolute atomic E-state index is 11.9. The standard InChI is InChI=1S/C15H19N5O2S/c1-22-13-5-3-2-4-11(13)8-9-16-14(21)10-23-15-17-18-19-20(15)12-6-7-12/h2-5,12H,6-10H2,1H3,(H,16,21). The summed E-state index contributed by atoms with van der Waals surface area (Å²) in [5.74, 6) is 1.15. The molecule has 0 bridgehead atoms. The second kappa shape index (κ2) is 7.45. The van der Waals surface area contributed by atoms with Crippen LogP contribution in [-0.4, -0.2) is 45.5 Å². The van der Waals surface area contributed by atoms with E-state index in [0.29, 0.717) is 23.5 Å². The van der Waals surface area contributed by atoms with Gasteiger partial charge in [0.25, 0.3) is 0 Å². The van der Waals surface area contributed by atoms with Crippen LogP contribution in [0.25, 0.3) is 0 Å². The van der Waals surface area contributed by atoms with Gasteiger partial charge >= 0.3 is 0 Å². The van der Waals surface area contributed by atoms with Crippen LogP contribution in [0.5, 0.6) is 5.75 Å². The van der Waals surface area contributed by atoms with Gasteiger partial charge in [0.2, 0.25) is 11.1 Å². The maximum Gasteiger partial charge on any atom is 0.230 e. The Morgan fingerprint density at radius 3 is 3.04 bits per heavy atom. The molecular formula is C15H19N5O2S. The topological polar surface area (TPSA) is 81.9 Å². The fourth-order valence-corrected chi connectivity index (χ4v) is 3.03. The smallest absolute Gasteiger partial charge is 0.230 e. The number of nitrogens with one attached hydrogen (secondary N) is 1. The quantitative estimate of drug-likeness (QED) is 0.737. The Morgan fingerprint density at radius 2 is 2.26 bits per heavy atom. The van der Waals surface area contributed by atoms with Crippen LogP contribution >= 0.6 is 11.8 Å². The third-order valence-electron chi connectivity index (χ3n) is 3.60. The van der Waals surface area contributed by atoms with Gasteiger partial charge in [0, 0.05) is 6.54 Å². The summed E-state index contributed by atoms with van der Waals surface area (Å²) in [6.45, 7) is 0.577. The van der Waals surface area contributed by atoms with Gasteiger partial charge < -0.3 is 10.1 Å². The molecule has 1 N–H and O–H groups in total. The van der Waals surface area contributed by atoms with Gasteiger partial charge in [0.1, 0.15) is 5.75 Å². The molecule has 0 aliphatic heterocycles. The fraction of sp³-hybridized carbons (Fsp3) is 0.467. The molecule has 0 radical (unpaired) electrons. The lowest BCUT2D eigenvalue weighted by atomic mass is 10.1. The highest BCUT2D eigenvalue weighted by Gasteiger charge is 2.28. The number of amides is 1. The average molecular weight is 333 g/mol. The minimum atomic E-state index is -0.0183. The molecule has 1 aliphatic carbocycles. The molecule has 122 valence electrons. The Morgan fingerprint density at radius 1 is 1.43 bits per heavy atom. The highest BCUT2D eigenvalue weighted by molar-refractivity contribution is 7.99. The van der Waals surface area contributed by atoms with E-state index in [-0.39, 0.29) is 5.91 Å². The zero-order valence-electron chi connectivity index (χ0n) is 12.9. The van der Waals surface area contributed by atoms with Gasteiger partial charge in [-0.05, 0) is 41.3 Å². The molecule has 1 saturated carbocycles. The molecule has 1 fully saturated rings. The molecule has 1 aromatic carbocycles. The molecule has 3 rings (SSSR count). The number of rotatable bonds is 8.